The largest absolute Gasteiger partial charge is 0.207 e. The second-order valence-corrected chi connectivity index (χ2v) is 3.99. The summed E-state index contributed by atoms with van der Waals surface area (Å²) in [6.07, 6.45) is 4.86. The number of halogens is 1. The fourth-order valence-corrected chi connectivity index (χ4v) is 2.17. The Bertz CT molecular complexity index is 304. The number of benzene rings is 1. The summed E-state index contributed by atoms with van der Waals surface area (Å²) in [6, 6.07) is 5.24. The van der Waals surface area contributed by atoms with Gasteiger partial charge in [-0.15, -0.1) is 0 Å². The molecule has 1 aliphatic rings. The average Bonchev–Trinajstić information content (AvgIpc) is 2.29. The summed E-state index contributed by atoms with van der Waals surface area (Å²) >= 11 is 0. The van der Waals surface area contributed by atoms with Crippen LogP contribution >= 0.6 is 0 Å². The average molecular weight is 178 g/mol. The van der Waals surface area contributed by atoms with E-state index in [1.807, 2.05) is 6.07 Å². The van der Waals surface area contributed by atoms with E-state index in [4.69, 9.17) is 0 Å². The molecule has 0 saturated carbocycles. The minimum Gasteiger partial charge on any atom is -0.207 e. The molecule has 0 aromatic heterocycles. The summed E-state index contributed by atoms with van der Waals surface area (Å²) in [7, 11) is 0. The van der Waals surface area contributed by atoms with E-state index in [9.17, 15) is 4.39 Å². The minimum absolute atomic E-state index is 0.0903. The van der Waals surface area contributed by atoms with E-state index in [1.165, 1.54) is 30.4 Å². The molecule has 0 spiro atoms. The lowest BCUT2D eigenvalue weighted by Crippen LogP contribution is -1.96. The monoisotopic (exact) mass is 178 g/mol. The van der Waals surface area contributed by atoms with E-state index in [0.29, 0.717) is 5.92 Å². The van der Waals surface area contributed by atoms with Crippen LogP contribution in [0.2, 0.25) is 0 Å². The van der Waals surface area contributed by atoms with Crippen LogP contribution in [0.15, 0.2) is 18.2 Å². The van der Waals surface area contributed by atoms with E-state index in [0.717, 1.165) is 6.42 Å². The number of rotatable bonds is 0. The van der Waals surface area contributed by atoms with Gasteiger partial charge in [-0.25, -0.2) is 4.39 Å². The van der Waals surface area contributed by atoms with Crippen molar-refractivity contribution < 1.29 is 4.39 Å². The van der Waals surface area contributed by atoms with Gasteiger partial charge in [-0.05, 0) is 48.4 Å². The minimum atomic E-state index is -0.0903. The first-order valence-electron chi connectivity index (χ1n) is 5.05. The van der Waals surface area contributed by atoms with Crippen molar-refractivity contribution in [2.75, 3.05) is 0 Å². The van der Waals surface area contributed by atoms with Gasteiger partial charge < -0.3 is 0 Å². The first kappa shape index (κ1) is 8.74. The normalized spacial score (nSPS) is 22.2. The lowest BCUT2D eigenvalue weighted by molar-refractivity contribution is 0.611. The molecule has 0 heterocycles. The molecule has 1 aliphatic carbocycles. The molecule has 1 unspecified atom stereocenters. The smallest absolute Gasteiger partial charge is 0.123 e. The van der Waals surface area contributed by atoms with Crippen molar-refractivity contribution in [1.82, 2.24) is 0 Å². The van der Waals surface area contributed by atoms with Crippen LogP contribution in [0.25, 0.3) is 0 Å². The number of aryl methyl sites for hydroxylation is 1. The maximum absolute atomic E-state index is 13.0. The van der Waals surface area contributed by atoms with Crippen LogP contribution in [0.3, 0.4) is 0 Å². The van der Waals surface area contributed by atoms with Crippen molar-refractivity contribution in [3.8, 4) is 0 Å². The Labute approximate surface area is 78.8 Å². The molecule has 2 rings (SSSR count). The van der Waals surface area contributed by atoms with E-state index >= 15 is 0 Å². The summed E-state index contributed by atoms with van der Waals surface area (Å²) in [6.45, 7) is 2.20. The van der Waals surface area contributed by atoms with Gasteiger partial charge in [0.05, 0.1) is 0 Å². The van der Waals surface area contributed by atoms with Gasteiger partial charge in [0.1, 0.15) is 5.82 Å². The Morgan fingerprint density at radius 2 is 2.15 bits per heavy atom. The molecule has 70 valence electrons. The molecule has 0 fully saturated rings. The highest BCUT2D eigenvalue weighted by atomic mass is 19.1. The summed E-state index contributed by atoms with van der Waals surface area (Å²) in [4.78, 5) is 0. The maximum atomic E-state index is 13.0. The Balaban J connectivity index is 2.43. The second-order valence-electron chi connectivity index (χ2n) is 3.99. The standard InChI is InChI=1S/C12H15F/c1-9-4-2-3-5-10-6-7-11(13)8-12(9)10/h6-9H,2-5H2,1H3. The molecule has 13 heavy (non-hydrogen) atoms. The first-order valence-corrected chi connectivity index (χ1v) is 5.05. The fraction of sp³-hybridized carbons (Fsp3) is 0.500. The van der Waals surface area contributed by atoms with E-state index in [-0.39, 0.29) is 5.82 Å². The highest BCUT2D eigenvalue weighted by Crippen LogP contribution is 2.30. The maximum Gasteiger partial charge on any atom is 0.123 e. The van der Waals surface area contributed by atoms with Crippen molar-refractivity contribution in [2.24, 2.45) is 0 Å². The number of hydrogen-bond acceptors (Lipinski definition) is 0. The predicted molar refractivity (Wildman–Crippen MR) is 52.4 cm³/mol. The summed E-state index contributed by atoms with van der Waals surface area (Å²) in [5, 5.41) is 0. The molecule has 0 saturated heterocycles. The Hall–Kier alpha value is -0.850. The van der Waals surface area contributed by atoms with Crippen molar-refractivity contribution >= 4 is 0 Å². The van der Waals surface area contributed by atoms with E-state index in [2.05, 4.69) is 6.92 Å². The number of fused-ring (bicyclic) bond motifs is 1. The molecule has 1 atom stereocenters. The molecule has 0 N–H and O–H groups in total. The van der Waals surface area contributed by atoms with Gasteiger partial charge in [0.15, 0.2) is 0 Å². The van der Waals surface area contributed by atoms with Gasteiger partial charge in [-0.1, -0.05) is 19.4 Å². The zero-order valence-corrected chi connectivity index (χ0v) is 8.02. The number of hydrogen-bond donors (Lipinski definition) is 0. The quantitative estimate of drug-likeness (QED) is 0.532. The van der Waals surface area contributed by atoms with E-state index in [1.54, 1.807) is 12.1 Å². The molecule has 0 nitrogen and oxygen atoms in total. The first-order chi connectivity index (χ1) is 6.27. The second kappa shape index (κ2) is 3.49. The summed E-state index contributed by atoms with van der Waals surface area (Å²) in [5.74, 6) is 0.445. The van der Waals surface area contributed by atoms with Crippen molar-refractivity contribution in [3.05, 3.63) is 35.1 Å². The highest BCUT2D eigenvalue weighted by Gasteiger charge is 2.14. The Kier molecular flexibility index (Phi) is 2.34. The van der Waals surface area contributed by atoms with Gasteiger partial charge in [0.2, 0.25) is 0 Å². The Morgan fingerprint density at radius 3 is 3.00 bits per heavy atom. The van der Waals surface area contributed by atoms with Gasteiger partial charge in [0.25, 0.3) is 0 Å². The topological polar surface area (TPSA) is 0 Å². The SMILES string of the molecule is CC1CCCCc2ccc(F)cc21. The van der Waals surface area contributed by atoms with Gasteiger partial charge >= 0.3 is 0 Å². The third-order valence-corrected chi connectivity index (χ3v) is 2.97. The third-order valence-electron chi connectivity index (χ3n) is 2.97. The van der Waals surface area contributed by atoms with Crippen LogP contribution < -0.4 is 0 Å². The molecule has 1 aromatic rings. The van der Waals surface area contributed by atoms with Crippen LogP contribution in [-0.2, 0) is 6.42 Å². The summed E-state index contributed by atoms with van der Waals surface area (Å²) < 4.78 is 13.0. The zero-order chi connectivity index (χ0) is 9.26. The molecule has 0 aliphatic heterocycles. The van der Waals surface area contributed by atoms with Crippen molar-refractivity contribution in [1.29, 1.82) is 0 Å². The van der Waals surface area contributed by atoms with Crippen molar-refractivity contribution in [2.45, 2.75) is 38.5 Å². The van der Waals surface area contributed by atoms with Crippen LogP contribution in [0.5, 0.6) is 0 Å². The van der Waals surface area contributed by atoms with Crippen molar-refractivity contribution in [3.63, 3.8) is 0 Å². The molecule has 1 heteroatoms. The van der Waals surface area contributed by atoms with Crippen LogP contribution in [0, 0.1) is 5.82 Å². The van der Waals surface area contributed by atoms with Crippen LogP contribution in [-0.4, -0.2) is 0 Å². The molecule has 0 radical (unpaired) electrons. The Morgan fingerprint density at radius 1 is 1.31 bits per heavy atom. The predicted octanol–water partition coefficient (Wildman–Crippen LogP) is 3.66. The van der Waals surface area contributed by atoms with Crippen LogP contribution in [0.1, 0.15) is 43.2 Å². The van der Waals surface area contributed by atoms with Gasteiger partial charge in [0, 0.05) is 0 Å². The third kappa shape index (κ3) is 1.74. The fourth-order valence-electron chi connectivity index (χ4n) is 2.17. The lowest BCUT2D eigenvalue weighted by atomic mass is 9.94. The van der Waals surface area contributed by atoms with Gasteiger partial charge in [-0.3, -0.25) is 0 Å². The van der Waals surface area contributed by atoms with Gasteiger partial charge in [-0.2, -0.15) is 0 Å². The molecule has 0 amide bonds. The lowest BCUT2D eigenvalue weighted by Gasteiger charge is -2.11. The van der Waals surface area contributed by atoms with Crippen LogP contribution in [0.4, 0.5) is 4.39 Å². The molecule has 0 bridgehead atoms. The zero-order valence-electron chi connectivity index (χ0n) is 8.02. The molecular weight excluding hydrogens is 163 g/mol. The summed E-state index contributed by atoms with van der Waals surface area (Å²) in [5.41, 5.74) is 2.59. The van der Waals surface area contributed by atoms with E-state index < -0.39 is 0 Å². The molecular formula is C12H15F. The highest BCUT2D eigenvalue weighted by molar-refractivity contribution is 5.31. The molecule has 1 aromatic carbocycles.